The number of nitrogens with zero attached hydrogens (tertiary/aromatic N) is 4. The van der Waals surface area contributed by atoms with Crippen molar-refractivity contribution in [3.05, 3.63) is 71.5 Å². The van der Waals surface area contributed by atoms with Crippen molar-refractivity contribution in [2.75, 3.05) is 21.7 Å². The molecule has 0 radical (unpaired) electrons. The number of carbonyl (C=O) groups excluding carboxylic acids is 1. The van der Waals surface area contributed by atoms with Crippen molar-refractivity contribution in [2.45, 2.75) is 55.5 Å². The standard InChI is InChI=1S/C28H29ClFN7O3S/c29-18-3-9-21(10-4-18)41(39,40)16-17-1-5-20(6-2-17)34-26-13-24(33-19-7-8-19)27-32-15-25(37(27)36-26)28(38)35-23-11-12-31-14-22(23)30/h3-4,9-15,17,19-20,33H,1-2,5-8,16H2,(H,34,36)(H,31,35,38). The number of pyridine rings is 1. The Morgan fingerprint density at radius 2 is 1.68 bits per heavy atom. The highest BCUT2D eigenvalue weighted by Gasteiger charge is 2.28. The summed E-state index contributed by atoms with van der Waals surface area (Å²) in [6, 6.07) is 10.0. The summed E-state index contributed by atoms with van der Waals surface area (Å²) in [4.78, 5) is 21.5. The third-order valence-corrected chi connectivity index (χ3v) is 9.64. The molecule has 41 heavy (non-hydrogen) atoms. The fraction of sp³-hybridized carbons (Fsp3) is 0.357. The number of carbonyl (C=O) groups is 1. The molecule has 10 nitrogen and oxygen atoms in total. The minimum absolute atomic E-state index is 0.0143. The Kier molecular flexibility index (Phi) is 7.52. The van der Waals surface area contributed by atoms with E-state index in [9.17, 15) is 17.6 Å². The minimum Gasteiger partial charge on any atom is -0.379 e. The number of sulfone groups is 1. The molecule has 214 valence electrons. The first-order valence-electron chi connectivity index (χ1n) is 13.6. The highest BCUT2D eigenvalue weighted by atomic mass is 35.5. The zero-order valence-corrected chi connectivity index (χ0v) is 23.6. The molecule has 0 unspecified atom stereocenters. The van der Waals surface area contributed by atoms with Crippen molar-refractivity contribution >= 4 is 50.2 Å². The maximum atomic E-state index is 14.1. The third-order valence-electron chi connectivity index (χ3n) is 7.48. The van der Waals surface area contributed by atoms with Crippen LogP contribution in [-0.4, -0.2) is 51.7 Å². The Morgan fingerprint density at radius 3 is 2.39 bits per heavy atom. The third kappa shape index (κ3) is 6.28. The molecule has 0 saturated heterocycles. The lowest BCUT2D eigenvalue weighted by atomic mass is 9.87. The SMILES string of the molecule is O=C(Nc1ccncc1F)c1cnc2c(NC3CC3)cc(NC3CCC(CS(=O)(=O)c4ccc(Cl)cc4)CC3)nn12. The van der Waals surface area contributed by atoms with E-state index >= 15 is 0 Å². The van der Waals surface area contributed by atoms with Gasteiger partial charge in [-0.2, -0.15) is 0 Å². The van der Waals surface area contributed by atoms with E-state index in [0.29, 0.717) is 27.4 Å². The molecule has 2 aliphatic rings. The van der Waals surface area contributed by atoms with Crippen molar-refractivity contribution in [2.24, 2.45) is 5.92 Å². The van der Waals surface area contributed by atoms with Gasteiger partial charge in [0.1, 0.15) is 5.82 Å². The van der Waals surface area contributed by atoms with Crippen molar-refractivity contribution in [3.63, 3.8) is 0 Å². The molecule has 1 aromatic carbocycles. The molecule has 6 rings (SSSR count). The van der Waals surface area contributed by atoms with Crippen molar-refractivity contribution in [1.29, 1.82) is 0 Å². The molecule has 0 bridgehead atoms. The second-order valence-electron chi connectivity index (χ2n) is 10.6. The van der Waals surface area contributed by atoms with Gasteiger partial charge in [-0.25, -0.2) is 22.3 Å². The summed E-state index contributed by atoms with van der Waals surface area (Å²) in [5, 5.41) is 14.7. The van der Waals surface area contributed by atoms with Gasteiger partial charge in [0.15, 0.2) is 27.0 Å². The van der Waals surface area contributed by atoms with Crippen LogP contribution in [0.4, 0.5) is 21.6 Å². The lowest BCUT2D eigenvalue weighted by Gasteiger charge is -2.29. The Morgan fingerprint density at radius 1 is 0.976 bits per heavy atom. The lowest BCUT2D eigenvalue weighted by molar-refractivity contribution is 0.102. The molecule has 13 heteroatoms. The number of anilines is 3. The summed E-state index contributed by atoms with van der Waals surface area (Å²) in [5.41, 5.74) is 1.43. The molecule has 0 spiro atoms. The van der Waals surface area contributed by atoms with Gasteiger partial charge in [-0.05, 0) is 74.8 Å². The average Bonchev–Trinajstić information content (AvgIpc) is 3.66. The van der Waals surface area contributed by atoms with Crippen molar-refractivity contribution in [1.82, 2.24) is 19.6 Å². The normalized spacial score (nSPS) is 19.2. The highest BCUT2D eigenvalue weighted by Crippen LogP contribution is 2.32. The minimum atomic E-state index is -3.40. The molecule has 1 amide bonds. The van der Waals surface area contributed by atoms with Gasteiger partial charge in [0.2, 0.25) is 0 Å². The Bertz CT molecular complexity index is 1680. The number of hydrogen-bond donors (Lipinski definition) is 3. The van der Waals surface area contributed by atoms with Crippen LogP contribution in [0.1, 0.15) is 49.0 Å². The van der Waals surface area contributed by atoms with E-state index in [1.165, 1.54) is 23.0 Å². The van der Waals surface area contributed by atoms with Crippen LogP contribution in [0.3, 0.4) is 0 Å². The number of halogens is 2. The number of aromatic nitrogens is 4. The van der Waals surface area contributed by atoms with E-state index < -0.39 is 21.6 Å². The van der Waals surface area contributed by atoms with Gasteiger partial charge in [-0.1, -0.05) is 11.6 Å². The Hall–Kier alpha value is -3.77. The number of rotatable bonds is 9. The quantitative estimate of drug-likeness (QED) is 0.240. The predicted molar refractivity (Wildman–Crippen MR) is 155 cm³/mol. The number of fused-ring (bicyclic) bond motifs is 1. The zero-order chi connectivity index (χ0) is 28.6. The zero-order valence-electron chi connectivity index (χ0n) is 22.1. The second-order valence-corrected chi connectivity index (χ2v) is 13.1. The van der Waals surface area contributed by atoms with Gasteiger partial charge >= 0.3 is 0 Å². The summed E-state index contributed by atoms with van der Waals surface area (Å²) in [5.74, 6) is -0.453. The molecular formula is C28H29ClFN7O3S. The van der Waals surface area contributed by atoms with E-state index in [-0.39, 0.29) is 29.1 Å². The van der Waals surface area contributed by atoms with Crippen LogP contribution in [-0.2, 0) is 9.84 Å². The molecule has 4 aromatic rings. The van der Waals surface area contributed by atoms with Gasteiger partial charge < -0.3 is 16.0 Å². The Balaban J connectivity index is 1.16. The first-order valence-corrected chi connectivity index (χ1v) is 15.6. The monoisotopic (exact) mass is 597 g/mol. The summed E-state index contributed by atoms with van der Waals surface area (Å²) in [6.07, 6.45) is 9.04. The van der Waals surface area contributed by atoms with Crippen molar-refractivity contribution < 1.29 is 17.6 Å². The van der Waals surface area contributed by atoms with Crippen LogP contribution >= 0.6 is 11.6 Å². The fourth-order valence-electron chi connectivity index (χ4n) is 5.14. The topological polar surface area (TPSA) is 130 Å². The first kappa shape index (κ1) is 27.4. The summed E-state index contributed by atoms with van der Waals surface area (Å²) in [7, 11) is -3.40. The number of hydrogen-bond acceptors (Lipinski definition) is 8. The molecule has 3 heterocycles. The molecule has 0 atom stereocenters. The second kappa shape index (κ2) is 11.2. The van der Waals surface area contributed by atoms with E-state index in [1.807, 2.05) is 6.07 Å². The van der Waals surface area contributed by atoms with Crippen LogP contribution in [0.5, 0.6) is 0 Å². The summed E-state index contributed by atoms with van der Waals surface area (Å²) in [6.45, 7) is 0. The molecule has 2 saturated carbocycles. The van der Waals surface area contributed by atoms with Crippen LogP contribution in [0.2, 0.25) is 5.02 Å². The molecular weight excluding hydrogens is 569 g/mol. The molecule has 3 N–H and O–H groups in total. The van der Waals surface area contributed by atoms with Gasteiger partial charge in [0.25, 0.3) is 5.91 Å². The van der Waals surface area contributed by atoms with Crippen molar-refractivity contribution in [3.8, 4) is 0 Å². The van der Waals surface area contributed by atoms with Crippen LogP contribution in [0.25, 0.3) is 5.65 Å². The number of benzene rings is 1. The largest absolute Gasteiger partial charge is 0.379 e. The van der Waals surface area contributed by atoms with Crippen LogP contribution in [0.15, 0.2) is 59.9 Å². The fourth-order valence-corrected chi connectivity index (χ4v) is 6.96. The van der Waals surface area contributed by atoms with Gasteiger partial charge in [-0.15, -0.1) is 5.10 Å². The molecule has 2 aliphatic carbocycles. The predicted octanol–water partition coefficient (Wildman–Crippen LogP) is 5.19. The maximum absolute atomic E-state index is 14.1. The maximum Gasteiger partial charge on any atom is 0.276 e. The molecule has 0 aliphatic heterocycles. The molecule has 3 aromatic heterocycles. The van der Waals surface area contributed by atoms with E-state index in [2.05, 4.69) is 31.0 Å². The smallest absolute Gasteiger partial charge is 0.276 e. The van der Waals surface area contributed by atoms with Gasteiger partial charge in [0, 0.05) is 29.4 Å². The lowest BCUT2D eigenvalue weighted by Crippen LogP contribution is -2.30. The van der Waals surface area contributed by atoms with E-state index in [4.69, 9.17) is 11.6 Å². The summed E-state index contributed by atoms with van der Waals surface area (Å²) < 4.78 is 41.3. The number of amides is 1. The van der Waals surface area contributed by atoms with Crippen LogP contribution in [0, 0.1) is 11.7 Å². The first-order chi connectivity index (χ1) is 19.7. The van der Waals surface area contributed by atoms with Gasteiger partial charge in [0.05, 0.1) is 34.4 Å². The summed E-state index contributed by atoms with van der Waals surface area (Å²) >= 11 is 5.91. The van der Waals surface area contributed by atoms with E-state index in [0.717, 1.165) is 50.4 Å². The number of imidazole rings is 1. The number of nitrogens with one attached hydrogen (secondary N) is 3. The average molecular weight is 598 g/mol. The van der Waals surface area contributed by atoms with Crippen LogP contribution < -0.4 is 16.0 Å². The van der Waals surface area contributed by atoms with Gasteiger partial charge in [-0.3, -0.25) is 9.78 Å². The Labute approximate surface area is 241 Å². The molecule has 2 fully saturated rings. The highest BCUT2D eigenvalue weighted by molar-refractivity contribution is 7.91. The van der Waals surface area contributed by atoms with E-state index in [1.54, 1.807) is 24.3 Å².